The topological polar surface area (TPSA) is 50.9 Å². The summed E-state index contributed by atoms with van der Waals surface area (Å²) in [5.41, 5.74) is 7.91. The standard InChI is InChI=1S/C15H25N3/c1-3-12-4-6-13(7-5-12)10-18-15-14(16)11(2)8-9-17-15/h8-9,12-13H,3-7,10,16H2,1-2H3,(H,17,18). The van der Waals surface area contributed by atoms with Gasteiger partial charge in [-0.1, -0.05) is 26.2 Å². The summed E-state index contributed by atoms with van der Waals surface area (Å²) < 4.78 is 0. The molecule has 1 fully saturated rings. The Labute approximate surface area is 110 Å². The molecule has 3 N–H and O–H groups in total. The zero-order valence-corrected chi connectivity index (χ0v) is 11.6. The number of rotatable bonds is 4. The Bertz CT molecular complexity index is 381. The molecular formula is C15H25N3. The fourth-order valence-corrected chi connectivity index (χ4v) is 2.80. The molecule has 3 heteroatoms. The largest absolute Gasteiger partial charge is 0.396 e. The maximum absolute atomic E-state index is 6.02. The highest BCUT2D eigenvalue weighted by Crippen LogP contribution is 2.31. The Balaban J connectivity index is 1.83. The normalized spacial score (nSPS) is 23.9. The van der Waals surface area contributed by atoms with Gasteiger partial charge in [-0.3, -0.25) is 0 Å². The van der Waals surface area contributed by atoms with Crippen molar-refractivity contribution in [1.29, 1.82) is 0 Å². The number of pyridine rings is 1. The number of hydrogen-bond acceptors (Lipinski definition) is 3. The van der Waals surface area contributed by atoms with Gasteiger partial charge in [0.2, 0.25) is 0 Å². The first-order chi connectivity index (χ1) is 8.70. The second-order valence-corrected chi connectivity index (χ2v) is 5.57. The molecule has 1 aliphatic carbocycles. The van der Waals surface area contributed by atoms with Gasteiger partial charge in [0.25, 0.3) is 0 Å². The van der Waals surface area contributed by atoms with Crippen LogP contribution in [0.3, 0.4) is 0 Å². The van der Waals surface area contributed by atoms with E-state index in [4.69, 9.17) is 5.73 Å². The average molecular weight is 247 g/mol. The fraction of sp³-hybridized carbons (Fsp3) is 0.667. The molecule has 0 amide bonds. The third-order valence-electron chi connectivity index (χ3n) is 4.31. The Morgan fingerprint density at radius 1 is 1.28 bits per heavy atom. The first-order valence-electron chi connectivity index (χ1n) is 7.15. The van der Waals surface area contributed by atoms with Crippen molar-refractivity contribution in [3.8, 4) is 0 Å². The van der Waals surface area contributed by atoms with E-state index in [0.29, 0.717) is 0 Å². The molecule has 18 heavy (non-hydrogen) atoms. The van der Waals surface area contributed by atoms with Crippen molar-refractivity contribution in [1.82, 2.24) is 4.98 Å². The molecule has 0 radical (unpaired) electrons. The highest BCUT2D eigenvalue weighted by atomic mass is 15.0. The van der Waals surface area contributed by atoms with Gasteiger partial charge >= 0.3 is 0 Å². The molecular weight excluding hydrogens is 222 g/mol. The van der Waals surface area contributed by atoms with Crippen molar-refractivity contribution in [2.75, 3.05) is 17.6 Å². The molecule has 0 spiro atoms. The molecule has 1 aromatic rings. The van der Waals surface area contributed by atoms with Gasteiger partial charge in [-0.05, 0) is 43.2 Å². The second-order valence-electron chi connectivity index (χ2n) is 5.57. The number of nitrogens with two attached hydrogens (primary N) is 1. The van der Waals surface area contributed by atoms with Gasteiger partial charge in [0.05, 0.1) is 5.69 Å². The summed E-state index contributed by atoms with van der Waals surface area (Å²) in [6, 6.07) is 1.95. The second kappa shape index (κ2) is 6.07. The Morgan fingerprint density at radius 3 is 2.61 bits per heavy atom. The first kappa shape index (κ1) is 13.2. The van der Waals surface area contributed by atoms with E-state index in [1.807, 2.05) is 19.2 Å². The van der Waals surface area contributed by atoms with Crippen LogP contribution in [0.2, 0.25) is 0 Å². The van der Waals surface area contributed by atoms with Gasteiger partial charge in [0, 0.05) is 12.7 Å². The van der Waals surface area contributed by atoms with Crippen LogP contribution in [0.4, 0.5) is 11.5 Å². The number of aromatic nitrogens is 1. The lowest BCUT2D eigenvalue weighted by atomic mass is 9.81. The Hall–Kier alpha value is -1.25. The van der Waals surface area contributed by atoms with Gasteiger partial charge in [0.1, 0.15) is 5.82 Å². The molecule has 0 bridgehead atoms. The predicted octanol–water partition coefficient (Wildman–Crippen LogP) is 3.60. The smallest absolute Gasteiger partial charge is 0.149 e. The monoisotopic (exact) mass is 247 g/mol. The summed E-state index contributed by atoms with van der Waals surface area (Å²) in [6.07, 6.45) is 8.63. The lowest BCUT2D eigenvalue weighted by molar-refractivity contribution is 0.278. The Morgan fingerprint density at radius 2 is 1.94 bits per heavy atom. The van der Waals surface area contributed by atoms with Gasteiger partial charge in [-0.15, -0.1) is 0 Å². The van der Waals surface area contributed by atoms with E-state index in [2.05, 4.69) is 17.2 Å². The van der Waals surface area contributed by atoms with E-state index < -0.39 is 0 Å². The molecule has 1 heterocycles. The quantitative estimate of drug-likeness (QED) is 0.854. The van der Waals surface area contributed by atoms with Crippen LogP contribution in [0.5, 0.6) is 0 Å². The van der Waals surface area contributed by atoms with Crippen LogP contribution in [-0.4, -0.2) is 11.5 Å². The van der Waals surface area contributed by atoms with Crippen LogP contribution in [0.25, 0.3) is 0 Å². The minimum atomic E-state index is 0.787. The summed E-state index contributed by atoms with van der Waals surface area (Å²) in [5, 5.41) is 3.42. The third kappa shape index (κ3) is 3.15. The lowest BCUT2D eigenvalue weighted by Gasteiger charge is -2.28. The van der Waals surface area contributed by atoms with Gasteiger partial charge in [0.15, 0.2) is 0 Å². The zero-order valence-electron chi connectivity index (χ0n) is 11.6. The van der Waals surface area contributed by atoms with Crippen LogP contribution in [-0.2, 0) is 0 Å². The molecule has 0 atom stereocenters. The van der Waals surface area contributed by atoms with Crippen molar-refractivity contribution in [2.45, 2.75) is 46.0 Å². The zero-order chi connectivity index (χ0) is 13.0. The number of nitrogens with one attached hydrogen (secondary N) is 1. The van der Waals surface area contributed by atoms with Gasteiger partial charge in [-0.25, -0.2) is 4.98 Å². The molecule has 1 aromatic heterocycles. The van der Waals surface area contributed by atoms with E-state index in [-0.39, 0.29) is 0 Å². The van der Waals surface area contributed by atoms with Crippen LogP contribution in [0.15, 0.2) is 12.3 Å². The van der Waals surface area contributed by atoms with E-state index in [9.17, 15) is 0 Å². The van der Waals surface area contributed by atoms with E-state index in [1.165, 1.54) is 32.1 Å². The van der Waals surface area contributed by atoms with Crippen LogP contribution in [0.1, 0.15) is 44.6 Å². The van der Waals surface area contributed by atoms with Crippen LogP contribution in [0, 0.1) is 18.8 Å². The minimum Gasteiger partial charge on any atom is -0.396 e. The first-order valence-corrected chi connectivity index (χ1v) is 7.15. The maximum Gasteiger partial charge on any atom is 0.149 e. The van der Waals surface area contributed by atoms with E-state index >= 15 is 0 Å². The SMILES string of the molecule is CCC1CCC(CNc2nccc(C)c2N)CC1. The van der Waals surface area contributed by atoms with Crippen molar-refractivity contribution < 1.29 is 0 Å². The molecule has 0 saturated heterocycles. The molecule has 100 valence electrons. The molecule has 2 rings (SSSR count). The number of aryl methyl sites for hydroxylation is 1. The summed E-state index contributed by atoms with van der Waals surface area (Å²) in [5.74, 6) is 2.60. The molecule has 1 saturated carbocycles. The summed E-state index contributed by atoms with van der Waals surface area (Å²) in [7, 11) is 0. The summed E-state index contributed by atoms with van der Waals surface area (Å²) >= 11 is 0. The van der Waals surface area contributed by atoms with Gasteiger partial charge < -0.3 is 11.1 Å². The number of nitrogen functional groups attached to an aromatic ring is 1. The molecule has 0 aliphatic heterocycles. The van der Waals surface area contributed by atoms with Crippen molar-refractivity contribution >= 4 is 11.5 Å². The molecule has 0 aromatic carbocycles. The summed E-state index contributed by atoms with van der Waals surface area (Å²) in [6.45, 7) is 5.34. The fourth-order valence-electron chi connectivity index (χ4n) is 2.80. The lowest BCUT2D eigenvalue weighted by Crippen LogP contribution is -2.21. The minimum absolute atomic E-state index is 0.787. The van der Waals surface area contributed by atoms with Crippen LogP contribution < -0.4 is 11.1 Å². The Kier molecular flexibility index (Phi) is 4.45. The van der Waals surface area contributed by atoms with E-state index in [0.717, 1.165) is 35.4 Å². The number of nitrogens with zero attached hydrogens (tertiary/aromatic N) is 1. The van der Waals surface area contributed by atoms with Crippen molar-refractivity contribution in [3.63, 3.8) is 0 Å². The third-order valence-corrected chi connectivity index (χ3v) is 4.31. The highest BCUT2D eigenvalue weighted by molar-refractivity contribution is 5.64. The van der Waals surface area contributed by atoms with Crippen molar-refractivity contribution in [3.05, 3.63) is 17.8 Å². The summed E-state index contributed by atoms with van der Waals surface area (Å²) in [4.78, 5) is 4.32. The predicted molar refractivity (Wildman–Crippen MR) is 77.6 cm³/mol. The van der Waals surface area contributed by atoms with Gasteiger partial charge in [-0.2, -0.15) is 0 Å². The van der Waals surface area contributed by atoms with E-state index in [1.54, 1.807) is 0 Å². The van der Waals surface area contributed by atoms with Crippen molar-refractivity contribution in [2.24, 2.45) is 11.8 Å². The molecule has 1 aliphatic rings. The average Bonchev–Trinajstić information content (AvgIpc) is 2.41. The number of anilines is 2. The molecule has 3 nitrogen and oxygen atoms in total. The maximum atomic E-state index is 6.02. The van der Waals surface area contributed by atoms with Crippen LogP contribution >= 0.6 is 0 Å². The highest BCUT2D eigenvalue weighted by Gasteiger charge is 2.19. The number of hydrogen-bond donors (Lipinski definition) is 2. The molecule has 0 unspecified atom stereocenters.